The Morgan fingerprint density at radius 3 is 2.67 bits per heavy atom. The highest BCUT2D eigenvalue weighted by molar-refractivity contribution is 7.13. The molecule has 0 aliphatic carbocycles. The summed E-state index contributed by atoms with van der Waals surface area (Å²) in [5.74, 6) is -0.00940. The molecule has 0 atom stereocenters. The number of nitrogens with zero attached hydrogens (tertiary/aromatic N) is 1. The molecule has 0 spiro atoms. The third kappa shape index (κ3) is 3.30. The number of amides is 1. The van der Waals surface area contributed by atoms with Crippen LogP contribution in [0.3, 0.4) is 0 Å². The zero-order valence-corrected chi connectivity index (χ0v) is 10.6. The van der Waals surface area contributed by atoms with Crippen LogP contribution in [0.5, 0.6) is 0 Å². The normalized spacial score (nSPS) is 11.5. The quantitative estimate of drug-likeness (QED) is 0.860. The number of thiazole rings is 1. The number of nitrogens with one attached hydrogen (secondary N) is 1. The molecule has 0 unspecified atom stereocenters. The van der Waals surface area contributed by atoms with E-state index in [0.717, 1.165) is 18.0 Å². The molecule has 1 heterocycles. The van der Waals surface area contributed by atoms with Crippen LogP contribution in [0, 0.1) is 0 Å². The van der Waals surface area contributed by atoms with E-state index in [0.29, 0.717) is 4.88 Å². The summed E-state index contributed by atoms with van der Waals surface area (Å²) in [6.07, 6.45) is 2.62. The van der Waals surface area contributed by atoms with Gasteiger partial charge in [0.05, 0.1) is 11.2 Å². The van der Waals surface area contributed by atoms with Gasteiger partial charge in [-0.3, -0.25) is 4.79 Å². The van der Waals surface area contributed by atoms with Crippen molar-refractivity contribution in [3.05, 3.63) is 16.1 Å². The van der Waals surface area contributed by atoms with Crippen LogP contribution in [0.15, 0.2) is 6.20 Å². The van der Waals surface area contributed by atoms with Crippen molar-refractivity contribution in [2.24, 2.45) is 0 Å². The number of carbonyl (C=O) groups excluding carboxylic acids is 1. The Bertz CT molecular complexity index is 339. The molecule has 0 saturated carbocycles. The van der Waals surface area contributed by atoms with Gasteiger partial charge in [0, 0.05) is 12.0 Å². The predicted molar refractivity (Wildman–Crippen MR) is 63.4 cm³/mol. The maximum Gasteiger partial charge on any atom is 0.263 e. The molecule has 1 N–H and O–H groups in total. The lowest BCUT2D eigenvalue weighted by Crippen LogP contribution is -2.22. The van der Waals surface area contributed by atoms with E-state index in [1.807, 2.05) is 6.92 Å². The highest BCUT2D eigenvalue weighted by atomic mass is 32.1. The van der Waals surface area contributed by atoms with Gasteiger partial charge < -0.3 is 5.32 Å². The third-order valence-electron chi connectivity index (χ3n) is 1.91. The zero-order chi connectivity index (χ0) is 11.5. The Kier molecular flexibility index (Phi) is 3.85. The van der Waals surface area contributed by atoms with E-state index >= 15 is 0 Å². The van der Waals surface area contributed by atoms with Crippen LogP contribution in [0.25, 0.3) is 0 Å². The first-order valence-corrected chi connectivity index (χ1v) is 6.01. The lowest BCUT2D eigenvalue weighted by atomic mass is 9.98. The average molecular weight is 226 g/mol. The van der Waals surface area contributed by atoms with Gasteiger partial charge in [0.25, 0.3) is 5.91 Å². The molecule has 0 radical (unpaired) electrons. The maximum atomic E-state index is 11.6. The molecule has 0 aliphatic heterocycles. The van der Waals surface area contributed by atoms with E-state index in [1.165, 1.54) is 11.3 Å². The summed E-state index contributed by atoms with van der Waals surface area (Å²) in [4.78, 5) is 16.6. The monoisotopic (exact) mass is 226 g/mol. The molecule has 0 saturated heterocycles. The van der Waals surface area contributed by atoms with Crippen LogP contribution >= 0.6 is 11.3 Å². The fourth-order valence-electron chi connectivity index (χ4n) is 1.05. The van der Waals surface area contributed by atoms with Gasteiger partial charge in [0.15, 0.2) is 0 Å². The first kappa shape index (κ1) is 12.2. The van der Waals surface area contributed by atoms with Gasteiger partial charge in [-0.05, 0) is 6.42 Å². The Labute approximate surface area is 94.9 Å². The first-order valence-electron chi connectivity index (χ1n) is 5.19. The molecular formula is C11H18N2OS. The molecule has 1 rings (SSSR count). The molecule has 4 heteroatoms. The molecule has 0 bridgehead atoms. The predicted octanol–water partition coefficient (Wildman–Crippen LogP) is 2.58. The Hall–Kier alpha value is -0.900. The number of aromatic nitrogens is 1. The van der Waals surface area contributed by atoms with Gasteiger partial charge in [0.1, 0.15) is 4.88 Å². The van der Waals surface area contributed by atoms with E-state index in [2.05, 4.69) is 31.1 Å². The molecule has 0 fully saturated rings. The number of hydrogen-bond donors (Lipinski definition) is 1. The van der Waals surface area contributed by atoms with Crippen molar-refractivity contribution >= 4 is 17.2 Å². The van der Waals surface area contributed by atoms with Gasteiger partial charge >= 0.3 is 0 Å². The smallest absolute Gasteiger partial charge is 0.263 e. The van der Waals surface area contributed by atoms with Gasteiger partial charge in [-0.1, -0.05) is 27.7 Å². The average Bonchev–Trinajstić information content (AvgIpc) is 2.62. The lowest BCUT2D eigenvalue weighted by Gasteiger charge is -2.13. The van der Waals surface area contributed by atoms with Crippen molar-refractivity contribution in [2.45, 2.75) is 39.5 Å². The van der Waals surface area contributed by atoms with Crippen LogP contribution in [-0.2, 0) is 5.41 Å². The van der Waals surface area contributed by atoms with E-state index in [1.54, 1.807) is 6.20 Å². The third-order valence-corrected chi connectivity index (χ3v) is 3.33. The minimum Gasteiger partial charge on any atom is -0.351 e. The number of hydrogen-bond acceptors (Lipinski definition) is 3. The minimum absolute atomic E-state index is 0.00940. The van der Waals surface area contributed by atoms with Crippen LogP contribution < -0.4 is 5.32 Å². The summed E-state index contributed by atoms with van der Waals surface area (Å²) in [6.45, 7) is 9.05. The molecule has 0 aliphatic rings. The van der Waals surface area contributed by atoms with Gasteiger partial charge in [0.2, 0.25) is 0 Å². The Morgan fingerprint density at radius 2 is 2.20 bits per heavy atom. The fourth-order valence-corrected chi connectivity index (χ4v) is 1.94. The van der Waals surface area contributed by atoms with Crippen LogP contribution in [0.1, 0.15) is 48.8 Å². The molecular weight excluding hydrogens is 208 g/mol. The minimum atomic E-state index is -0.00940. The van der Waals surface area contributed by atoms with Crippen molar-refractivity contribution in [3.63, 3.8) is 0 Å². The molecule has 1 amide bonds. The summed E-state index contributed by atoms with van der Waals surface area (Å²) in [5, 5.41) is 3.85. The van der Waals surface area contributed by atoms with E-state index < -0.39 is 0 Å². The Morgan fingerprint density at radius 1 is 1.53 bits per heavy atom. The van der Waals surface area contributed by atoms with E-state index in [4.69, 9.17) is 0 Å². The van der Waals surface area contributed by atoms with Crippen molar-refractivity contribution in [1.82, 2.24) is 10.3 Å². The van der Waals surface area contributed by atoms with Gasteiger partial charge in [-0.15, -0.1) is 11.3 Å². The summed E-state index contributed by atoms with van der Waals surface area (Å²) < 4.78 is 0. The molecule has 15 heavy (non-hydrogen) atoms. The van der Waals surface area contributed by atoms with Gasteiger partial charge in [-0.2, -0.15) is 0 Å². The maximum absolute atomic E-state index is 11.6. The second-order valence-electron chi connectivity index (χ2n) is 4.54. The second kappa shape index (κ2) is 4.75. The number of rotatable bonds is 3. The summed E-state index contributed by atoms with van der Waals surface area (Å²) in [7, 11) is 0. The van der Waals surface area contributed by atoms with Crippen molar-refractivity contribution in [3.8, 4) is 0 Å². The molecule has 1 aromatic rings. The first-order chi connectivity index (χ1) is 6.95. The molecule has 84 valence electrons. The Balaban J connectivity index is 2.72. The van der Waals surface area contributed by atoms with E-state index in [-0.39, 0.29) is 11.3 Å². The lowest BCUT2D eigenvalue weighted by molar-refractivity contribution is 0.0957. The molecule has 1 aromatic heterocycles. The van der Waals surface area contributed by atoms with E-state index in [9.17, 15) is 4.79 Å². The molecule has 0 aromatic carbocycles. The fraction of sp³-hybridized carbons (Fsp3) is 0.636. The highest BCUT2D eigenvalue weighted by Gasteiger charge is 2.19. The van der Waals surface area contributed by atoms with Gasteiger partial charge in [-0.25, -0.2) is 4.98 Å². The SMILES string of the molecule is CCCNC(=O)c1cnc(C(C)(C)C)s1. The topological polar surface area (TPSA) is 42.0 Å². The largest absolute Gasteiger partial charge is 0.351 e. The second-order valence-corrected chi connectivity index (χ2v) is 5.57. The summed E-state index contributed by atoms with van der Waals surface area (Å²) in [5.41, 5.74) is 0.0218. The standard InChI is InChI=1S/C11H18N2OS/c1-5-6-12-9(14)8-7-13-10(15-8)11(2,3)4/h7H,5-6H2,1-4H3,(H,12,14). The summed E-state index contributed by atoms with van der Waals surface area (Å²) in [6, 6.07) is 0. The van der Waals surface area contributed by atoms with Crippen LogP contribution in [0.2, 0.25) is 0 Å². The van der Waals surface area contributed by atoms with Crippen molar-refractivity contribution < 1.29 is 4.79 Å². The zero-order valence-electron chi connectivity index (χ0n) is 9.76. The molecule has 3 nitrogen and oxygen atoms in total. The highest BCUT2D eigenvalue weighted by Crippen LogP contribution is 2.26. The summed E-state index contributed by atoms with van der Waals surface area (Å²) >= 11 is 1.48. The van der Waals surface area contributed by atoms with Crippen molar-refractivity contribution in [1.29, 1.82) is 0 Å². The van der Waals surface area contributed by atoms with Crippen molar-refractivity contribution in [2.75, 3.05) is 6.54 Å². The number of carbonyl (C=O) groups is 1. The van der Waals surface area contributed by atoms with Crippen LogP contribution in [-0.4, -0.2) is 17.4 Å². The van der Waals surface area contributed by atoms with Crippen LogP contribution in [0.4, 0.5) is 0 Å².